The minimum absolute atomic E-state index is 0.665. The average Bonchev–Trinajstić information content (AvgIpc) is 3.12. The highest BCUT2D eigenvalue weighted by atomic mass is 32.1. The molecule has 3 rings (SSSR count). The van der Waals surface area contributed by atoms with Gasteiger partial charge in [-0.2, -0.15) is 0 Å². The van der Waals surface area contributed by atoms with Crippen molar-refractivity contribution < 1.29 is 0 Å². The van der Waals surface area contributed by atoms with Gasteiger partial charge in [0, 0.05) is 17.1 Å². The van der Waals surface area contributed by atoms with Crippen LogP contribution in [-0.2, 0) is 12.8 Å². The number of nitrogens with zero attached hydrogens (tertiary/aromatic N) is 1. The fourth-order valence-corrected chi connectivity index (χ4v) is 3.35. The molecule has 1 N–H and O–H groups in total. The topological polar surface area (TPSA) is 24.9 Å². The van der Waals surface area contributed by atoms with Gasteiger partial charge in [-0.15, -0.1) is 11.3 Å². The minimum Gasteiger partial charge on any atom is -0.314 e. The summed E-state index contributed by atoms with van der Waals surface area (Å²) >= 11 is 1.78. The Balaban J connectivity index is 1.63. The number of hydrogen-bond acceptors (Lipinski definition) is 3. The average molecular weight is 286 g/mol. The lowest BCUT2D eigenvalue weighted by molar-refractivity contribution is 0.471. The molecule has 2 nitrogen and oxygen atoms in total. The maximum atomic E-state index is 4.20. The summed E-state index contributed by atoms with van der Waals surface area (Å²) in [5.41, 5.74) is 4.75. The Morgan fingerprint density at radius 1 is 1.35 bits per heavy atom. The first-order chi connectivity index (χ1) is 9.79. The first-order valence-corrected chi connectivity index (χ1v) is 8.34. The van der Waals surface area contributed by atoms with E-state index >= 15 is 0 Å². The van der Waals surface area contributed by atoms with Gasteiger partial charge in [0.05, 0.1) is 5.51 Å². The molecule has 1 aliphatic carbocycles. The van der Waals surface area contributed by atoms with Gasteiger partial charge < -0.3 is 5.32 Å². The lowest BCUT2D eigenvalue weighted by atomic mass is 9.94. The molecule has 1 atom stereocenters. The number of aryl methyl sites for hydroxylation is 1. The molecule has 2 aromatic rings. The van der Waals surface area contributed by atoms with Crippen molar-refractivity contribution in [1.29, 1.82) is 0 Å². The maximum Gasteiger partial charge on any atom is 0.0794 e. The van der Waals surface area contributed by atoms with Gasteiger partial charge in [-0.1, -0.05) is 29.8 Å². The Morgan fingerprint density at radius 2 is 2.25 bits per heavy atom. The van der Waals surface area contributed by atoms with Gasteiger partial charge in [0.2, 0.25) is 0 Å². The summed E-state index contributed by atoms with van der Waals surface area (Å²) in [5, 5.41) is 3.69. The number of thiazole rings is 1. The summed E-state index contributed by atoms with van der Waals surface area (Å²) < 4.78 is 0. The number of aromatic nitrogens is 1. The van der Waals surface area contributed by atoms with Crippen molar-refractivity contribution in [3.63, 3.8) is 0 Å². The molecule has 1 fully saturated rings. The molecule has 106 valence electrons. The summed E-state index contributed by atoms with van der Waals surface area (Å²) in [7, 11) is 0. The molecule has 1 saturated carbocycles. The molecule has 1 aromatic carbocycles. The highest BCUT2D eigenvalue weighted by Gasteiger charge is 2.22. The molecule has 0 bridgehead atoms. The van der Waals surface area contributed by atoms with Crippen LogP contribution in [0.5, 0.6) is 0 Å². The third-order valence-corrected chi connectivity index (χ3v) is 4.65. The molecule has 1 unspecified atom stereocenters. The quantitative estimate of drug-likeness (QED) is 0.841. The van der Waals surface area contributed by atoms with Crippen LogP contribution < -0.4 is 5.32 Å². The van der Waals surface area contributed by atoms with E-state index in [1.54, 1.807) is 11.3 Å². The van der Waals surface area contributed by atoms with Gasteiger partial charge in [-0.25, -0.2) is 0 Å². The van der Waals surface area contributed by atoms with Crippen LogP contribution in [0.15, 0.2) is 36.0 Å². The molecule has 0 saturated heterocycles. The Morgan fingerprint density at radius 3 is 2.95 bits per heavy atom. The second-order valence-corrected chi connectivity index (χ2v) is 6.88. The smallest absolute Gasteiger partial charge is 0.0794 e. The number of hydrogen-bond donors (Lipinski definition) is 1. The number of nitrogens with one attached hydrogen (secondary N) is 1. The molecule has 0 amide bonds. The zero-order valence-corrected chi connectivity index (χ0v) is 12.8. The Labute approximate surface area is 125 Å². The van der Waals surface area contributed by atoms with Crippen LogP contribution in [0.4, 0.5) is 0 Å². The summed E-state index contributed by atoms with van der Waals surface area (Å²) in [4.78, 5) is 5.61. The second kappa shape index (κ2) is 6.51. The third-order valence-electron chi connectivity index (χ3n) is 3.85. The fraction of sp³-hybridized carbons (Fsp3) is 0.471. The van der Waals surface area contributed by atoms with E-state index in [0.717, 1.165) is 25.4 Å². The molecule has 1 heterocycles. The van der Waals surface area contributed by atoms with E-state index in [0.29, 0.717) is 5.92 Å². The minimum atomic E-state index is 0.665. The Kier molecular flexibility index (Phi) is 4.48. The monoisotopic (exact) mass is 286 g/mol. The maximum absolute atomic E-state index is 4.20. The molecule has 20 heavy (non-hydrogen) atoms. The predicted octanol–water partition coefficient (Wildman–Crippen LogP) is 3.60. The van der Waals surface area contributed by atoms with Crippen molar-refractivity contribution in [2.75, 3.05) is 6.54 Å². The van der Waals surface area contributed by atoms with Gasteiger partial charge in [-0.3, -0.25) is 4.98 Å². The Hall–Kier alpha value is -1.19. The van der Waals surface area contributed by atoms with E-state index < -0.39 is 0 Å². The van der Waals surface area contributed by atoms with E-state index in [9.17, 15) is 0 Å². The molecule has 1 aromatic heterocycles. The first-order valence-electron chi connectivity index (χ1n) is 7.46. The lowest BCUT2D eigenvalue weighted by Gasteiger charge is -2.17. The number of rotatable bonds is 7. The van der Waals surface area contributed by atoms with E-state index in [2.05, 4.69) is 41.5 Å². The van der Waals surface area contributed by atoms with Crippen LogP contribution in [0, 0.1) is 12.8 Å². The van der Waals surface area contributed by atoms with Gasteiger partial charge in [0.15, 0.2) is 0 Å². The summed E-state index contributed by atoms with van der Waals surface area (Å²) in [6.07, 6.45) is 7.03. The second-order valence-electron chi connectivity index (χ2n) is 5.91. The molecular formula is C17H22N2S. The van der Waals surface area contributed by atoms with Crippen molar-refractivity contribution in [3.05, 3.63) is 52.0 Å². The third kappa shape index (κ3) is 4.15. The summed E-state index contributed by atoms with van der Waals surface area (Å²) in [6, 6.07) is 9.70. The summed E-state index contributed by atoms with van der Waals surface area (Å²) in [6.45, 7) is 3.29. The van der Waals surface area contributed by atoms with Crippen LogP contribution >= 0.6 is 11.3 Å². The molecule has 0 aliphatic heterocycles. The number of benzene rings is 1. The van der Waals surface area contributed by atoms with Crippen LogP contribution in [0.25, 0.3) is 0 Å². The largest absolute Gasteiger partial charge is 0.314 e. The van der Waals surface area contributed by atoms with Crippen molar-refractivity contribution >= 4 is 11.3 Å². The predicted molar refractivity (Wildman–Crippen MR) is 85.2 cm³/mol. The van der Waals surface area contributed by atoms with Crippen molar-refractivity contribution in [2.45, 2.75) is 38.6 Å². The zero-order chi connectivity index (χ0) is 13.8. The highest BCUT2D eigenvalue weighted by molar-refractivity contribution is 7.09. The van der Waals surface area contributed by atoms with Gasteiger partial charge in [0.25, 0.3) is 0 Å². The van der Waals surface area contributed by atoms with Crippen LogP contribution in [0.3, 0.4) is 0 Å². The van der Waals surface area contributed by atoms with Crippen molar-refractivity contribution in [2.24, 2.45) is 5.92 Å². The van der Waals surface area contributed by atoms with Crippen molar-refractivity contribution in [1.82, 2.24) is 10.3 Å². The molecule has 0 spiro atoms. The van der Waals surface area contributed by atoms with Gasteiger partial charge in [0.1, 0.15) is 0 Å². The normalized spacial score (nSPS) is 16.2. The van der Waals surface area contributed by atoms with E-state index in [-0.39, 0.29) is 0 Å². The van der Waals surface area contributed by atoms with Crippen LogP contribution in [0.2, 0.25) is 0 Å². The highest BCUT2D eigenvalue weighted by Crippen LogP contribution is 2.22. The van der Waals surface area contributed by atoms with Gasteiger partial charge in [-0.05, 0) is 50.6 Å². The zero-order valence-electron chi connectivity index (χ0n) is 12.0. The van der Waals surface area contributed by atoms with Crippen LogP contribution in [-0.4, -0.2) is 17.6 Å². The summed E-state index contributed by atoms with van der Waals surface area (Å²) in [5.74, 6) is 0.665. The molecular weight excluding hydrogens is 264 g/mol. The van der Waals surface area contributed by atoms with Gasteiger partial charge >= 0.3 is 0 Å². The van der Waals surface area contributed by atoms with Crippen LogP contribution in [0.1, 0.15) is 28.8 Å². The Bertz CT molecular complexity index is 532. The molecule has 3 heteroatoms. The van der Waals surface area contributed by atoms with Crippen molar-refractivity contribution in [3.8, 4) is 0 Å². The SMILES string of the molecule is Cc1cccc(CC(CNC2CC2)Cc2cncs2)c1. The molecule has 0 radical (unpaired) electrons. The van der Waals surface area contributed by atoms with E-state index in [4.69, 9.17) is 0 Å². The standard InChI is InChI=1S/C17H22N2S/c1-13-3-2-4-14(7-13)8-15(10-19-16-5-6-16)9-17-11-18-12-20-17/h2-4,7,11-12,15-16,19H,5-6,8-10H2,1H3. The lowest BCUT2D eigenvalue weighted by Crippen LogP contribution is -2.27. The van der Waals surface area contributed by atoms with E-state index in [1.165, 1.54) is 28.8 Å². The van der Waals surface area contributed by atoms with E-state index in [1.807, 2.05) is 11.7 Å². The first kappa shape index (κ1) is 13.8. The fourth-order valence-electron chi connectivity index (χ4n) is 2.64. The molecule has 1 aliphatic rings.